The van der Waals surface area contributed by atoms with Crippen LogP contribution in [0.25, 0.3) is 0 Å². The number of benzene rings is 1. The highest BCUT2D eigenvalue weighted by atomic mass is 16.5. The molecule has 2 aromatic rings. The van der Waals surface area contributed by atoms with Gasteiger partial charge in [-0.1, -0.05) is 6.07 Å². The van der Waals surface area contributed by atoms with Crippen LogP contribution in [0.3, 0.4) is 0 Å². The van der Waals surface area contributed by atoms with Gasteiger partial charge >= 0.3 is 5.97 Å². The molecule has 1 amide bonds. The van der Waals surface area contributed by atoms with Gasteiger partial charge in [0.2, 0.25) is 5.91 Å². The monoisotopic (exact) mass is 289 g/mol. The SMILES string of the molecule is CC(=O)Nc1cccc(C(C)=O)c1OC(=O)c1nn[nH]n1. The number of carbonyl (C=O) groups is 3. The maximum Gasteiger partial charge on any atom is 0.385 e. The molecule has 0 saturated carbocycles. The smallest absolute Gasteiger partial charge is 0.385 e. The molecule has 1 aromatic carbocycles. The van der Waals surface area contributed by atoms with E-state index < -0.39 is 5.97 Å². The summed E-state index contributed by atoms with van der Waals surface area (Å²) in [4.78, 5) is 34.7. The second kappa shape index (κ2) is 5.90. The molecule has 0 saturated heterocycles. The Morgan fingerprint density at radius 1 is 1.24 bits per heavy atom. The van der Waals surface area contributed by atoms with E-state index in [1.807, 2.05) is 0 Å². The summed E-state index contributed by atoms with van der Waals surface area (Å²) in [5.74, 6) is -1.94. The van der Waals surface area contributed by atoms with Crippen LogP contribution in [-0.2, 0) is 4.79 Å². The van der Waals surface area contributed by atoms with Gasteiger partial charge in [-0.2, -0.15) is 5.21 Å². The van der Waals surface area contributed by atoms with Crippen LogP contribution < -0.4 is 10.1 Å². The summed E-state index contributed by atoms with van der Waals surface area (Å²) in [6, 6.07) is 4.55. The summed E-state index contributed by atoms with van der Waals surface area (Å²) in [7, 11) is 0. The van der Waals surface area contributed by atoms with E-state index in [0.29, 0.717) is 0 Å². The van der Waals surface area contributed by atoms with Gasteiger partial charge in [0.1, 0.15) is 0 Å². The minimum atomic E-state index is -0.899. The first-order valence-electron chi connectivity index (χ1n) is 5.86. The number of anilines is 1. The number of aromatic nitrogens is 4. The standard InChI is InChI=1S/C12H11N5O4/c1-6(18)8-4-3-5-9(13-7(2)19)10(8)21-12(20)11-14-16-17-15-11/h3-5H,1-2H3,(H,13,19)(H,14,15,16,17). The number of nitrogens with one attached hydrogen (secondary N) is 2. The van der Waals surface area contributed by atoms with Crippen molar-refractivity contribution in [2.75, 3.05) is 5.32 Å². The number of para-hydroxylation sites is 1. The highest BCUT2D eigenvalue weighted by molar-refractivity contribution is 6.02. The lowest BCUT2D eigenvalue weighted by atomic mass is 10.1. The van der Waals surface area contributed by atoms with Crippen molar-refractivity contribution in [1.29, 1.82) is 0 Å². The van der Waals surface area contributed by atoms with E-state index in [-0.39, 0.29) is 34.5 Å². The van der Waals surface area contributed by atoms with Crippen molar-refractivity contribution >= 4 is 23.3 Å². The number of carbonyl (C=O) groups excluding carboxylic acids is 3. The van der Waals surface area contributed by atoms with Crippen LogP contribution in [0.15, 0.2) is 18.2 Å². The summed E-state index contributed by atoms with van der Waals surface area (Å²) >= 11 is 0. The van der Waals surface area contributed by atoms with Crippen LogP contribution >= 0.6 is 0 Å². The quantitative estimate of drug-likeness (QED) is 0.478. The number of rotatable bonds is 4. The molecule has 2 rings (SSSR count). The van der Waals surface area contributed by atoms with Crippen molar-refractivity contribution in [3.05, 3.63) is 29.6 Å². The van der Waals surface area contributed by atoms with Crippen LogP contribution in [0.1, 0.15) is 34.8 Å². The molecule has 0 aliphatic heterocycles. The maximum absolute atomic E-state index is 11.9. The minimum Gasteiger partial charge on any atom is -0.418 e. The molecule has 0 atom stereocenters. The molecular weight excluding hydrogens is 278 g/mol. The predicted octanol–water partition coefficient (Wildman–Crippen LogP) is 0.580. The molecule has 0 unspecified atom stereocenters. The molecule has 0 spiro atoms. The summed E-state index contributed by atoms with van der Waals surface area (Å²) in [5, 5.41) is 14.8. The molecule has 0 fully saturated rings. The molecule has 108 valence electrons. The number of nitrogens with zero attached hydrogens (tertiary/aromatic N) is 3. The number of ketones is 1. The number of amides is 1. The highest BCUT2D eigenvalue weighted by Crippen LogP contribution is 2.30. The Balaban J connectivity index is 2.41. The first kappa shape index (κ1) is 14.3. The fraction of sp³-hybridized carbons (Fsp3) is 0.167. The van der Waals surface area contributed by atoms with E-state index >= 15 is 0 Å². The van der Waals surface area contributed by atoms with Crippen molar-refractivity contribution in [2.24, 2.45) is 0 Å². The first-order chi connectivity index (χ1) is 9.99. The number of hydrogen-bond donors (Lipinski definition) is 2. The third kappa shape index (κ3) is 3.26. The van der Waals surface area contributed by atoms with Crippen molar-refractivity contribution in [1.82, 2.24) is 20.6 Å². The molecule has 1 heterocycles. The van der Waals surface area contributed by atoms with Crippen LogP contribution in [0.2, 0.25) is 0 Å². The van der Waals surface area contributed by atoms with Crippen LogP contribution in [0.4, 0.5) is 5.69 Å². The van der Waals surface area contributed by atoms with Gasteiger partial charge in [-0.05, 0) is 24.3 Å². The second-order valence-corrected chi connectivity index (χ2v) is 4.04. The second-order valence-electron chi connectivity index (χ2n) is 4.04. The topological polar surface area (TPSA) is 127 Å². The third-order valence-corrected chi connectivity index (χ3v) is 2.43. The Bertz CT molecular complexity index is 696. The first-order valence-corrected chi connectivity index (χ1v) is 5.86. The molecule has 21 heavy (non-hydrogen) atoms. The number of hydrogen-bond acceptors (Lipinski definition) is 7. The summed E-state index contributed by atoms with van der Waals surface area (Å²) in [5.41, 5.74) is 0.352. The van der Waals surface area contributed by atoms with E-state index in [1.54, 1.807) is 6.07 Å². The number of ether oxygens (including phenoxy) is 1. The van der Waals surface area contributed by atoms with Crippen LogP contribution in [0.5, 0.6) is 5.75 Å². The van der Waals surface area contributed by atoms with Crippen molar-refractivity contribution < 1.29 is 19.1 Å². The van der Waals surface area contributed by atoms with Crippen molar-refractivity contribution in [2.45, 2.75) is 13.8 Å². The van der Waals surface area contributed by atoms with E-state index in [1.165, 1.54) is 26.0 Å². The molecule has 0 aliphatic carbocycles. The summed E-state index contributed by atoms with van der Waals surface area (Å²) in [6.45, 7) is 2.61. The van der Waals surface area contributed by atoms with Gasteiger partial charge in [0, 0.05) is 6.92 Å². The van der Waals surface area contributed by atoms with Crippen molar-refractivity contribution in [3.8, 4) is 5.75 Å². The Hall–Kier alpha value is -3.10. The number of H-pyrrole nitrogens is 1. The maximum atomic E-state index is 11.9. The number of aromatic amines is 1. The predicted molar refractivity (Wildman–Crippen MR) is 69.9 cm³/mol. The van der Waals surface area contributed by atoms with Gasteiger partial charge in [-0.15, -0.1) is 10.2 Å². The Labute approximate surface area is 118 Å². The average molecular weight is 289 g/mol. The fourth-order valence-corrected chi connectivity index (χ4v) is 1.60. The normalized spacial score (nSPS) is 10.0. The molecule has 9 heteroatoms. The Kier molecular flexibility index (Phi) is 4.02. The molecule has 2 N–H and O–H groups in total. The van der Waals surface area contributed by atoms with Gasteiger partial charge in [0.05, 0.1) is 11.3 Å². The number of tetrazole rings is 1. The zero-order chi connectivity index (χ0) is 15.4. The van der Waals surface area contributed by atoms with E-state index in [0.717, 1.165) is 0 Å². The van der Waals surface area contributed by atoms with Gasteiger partial charge in [0.15, 0.2) is 11.5 Å². The van der Waals surface area contributed by atoms with Gasteiger partial charge in [-0.25, -0.2) is 4.79 Å². The lowest BCUT2D eigenvalue weighted by Gasteiger charge is -2.12. The molecule has 1 aromatic heterocycles. The lowest BCUT2D eigenvalue weighted by Crippen LogP contribution is -2.16. The lowest BCUT2D eigenvalue weighted by molar-refractivity contribution is -0.114. The third-order valence-electron chi connectivity index (χ3n) is 2.43. The van der Waals surface area contributed by atoms with E-state index in [4.69, 9.17) is 4.74 Å². The van der Waals surface area contributed by atoms with Crippen LogP contribution in [0, 0.1) is 0 Å². The fourth-order valence-electron chi connectivity index (χ4n) is 1.60. The molecule has 0 aliphatic rings. The Morgan fingerprint density at radius 3 is 2.57 bits per heavy atom. The summed E-state index contributed by atoms with van der Waals surface area (Å²) < 4.78 is 5.12. The van der Waals surface area contributed by atoms with E-state index in [2.05, 4.69) is 25.9 Å². The molecule has 9 nitrogen and oxygen atoms in total. The largest absolute Gasteiger partial charge is 0.418 e. The minimum absolute atomic E-state index is 0.0602. The van der Waals surface area contributed by atoms with Gasteiger partial charge in [0.25, 0.3) is 5.82 Å². The van der Waals surface area contributed by atoms with Gasteiger partial charge < -0.3 is 10.1 Å². The summed E-state index contributed by atoms with van der Waals surface area (Å²) in [6.07, 6.45) is 0. The molecule has 0 bridgehead atoms. The van der Waals surface area contributed by atoms with Gasteiger partial charge in [-0.3, -0.25) is 9.59 Å². The average Bonchev–Trinajstić information content (AvgIpc) is 2.93. The zero-order valence-electron chi connectivity index (χ0n) is 11.2. The zero-order valence-corrected chi connectivity index (χ0v) is 11.2. The van der Waals surface area contributed by atoms with Crippen LogP contribution in [-0.4, -0.2) is 38.3 Å². The van der Waals surface area contributed by atoms with E-state index in [9.17, 15) is 14.4 Å². The number of Topliss-reactive ketones (excluding diaryl/α,β-unsaturated/α-hetero) is 1. The molecule has 0 radical (unpaired) electrons. The Morgan fingerprint density at radius 2 is 2.00 bits per heavy atom. The number of esters is 1. The molecular formula is C12H11N5O4. The highest BCUT2D eigenvalue weighted by Gasteiger charge is 2.20. The van der Waals surface area contributed by atoms with Crippen molar-refractivity contribution in [3.63, 3.8) is 0 Å².